The van der Waals surface area contributed by atoms with Crippen molar-refractivity contribution in [3.8, 4) is 17.0 Å². The van der Waals surface area contributed by atoms with Crippen molar-refractivity contribution in [2.75, 3.05) is 12.8 Å². The third-order valence-electron chi connectivity index (χ3n) is 2.73. The van der Waals surface area contributed by atoms with E-state index in [1.807, 2.05) is 0 Å². The number of halogens is 3. The minimum absolute atomic E-state index is 0.00862. The normalized spacial score (nSPS) is 11.1. The van der Waals surface area contributed by atoms with E-state index in [1.54, 1.807) is 0 Å². The number of alkyl halides is 3. The lowest BCUT2D eigenvalue weighted by atomic mass is 10.1. The number of carbonyl (C=O) groups excluding carboxylic acids is 1. The third kappa shape index (κ3) is 3.46. The molecule has 0 atom stereocenters. The predicted molar refractivity (Wildman–Crippen MR) is 72.1 cm³/mol. The van der Waals surface area contributed by atoms with Gasteiger partial charge in [-0.2, -0.15) is 0 Å². The number of nitrogen functional groups attached to an aromatic ring is 1. The lowest BCUT2D eigenvalue weighted by Crippen LogP contribution is -2.17. The molecule has 0 aliphatic heterocycles. The molecule has 0 bridgehead atoms. The van der Waals surface area contributed by atoms with Crippen LogP contribution in [-0.4, -0.2) is 24.4 Å². The topological polar surface area (TPSA) is 74.4 Å². The lowest BCUT2D eigenvalue weighted by Gasteiger charge is -2.13. The Morgan fingerprint density at radius 1 is 1.27 bits per heavy atom. The molecule has 0 radical (unpaired) electrons. The van der Waals surface area contributed by atoms with Gasteiger partial charge in [-0.1, -0.05) is 12.1 Å². The third-order valence-corrected chi connectivity index (χ3v) is 2.73. The number of hydrogen-bond donors (Lipinski definition) is 1. The minimum atomic E-state index is -4.84. The molecule has 22 heavy (non-hydrogen) atoms. The predicted octanol–water partition coefficient (Wildman–Crippen LogP) is 3.02. The fourth-order valence-corrected chi connectivity index (χ4v) is 1.79. The molecule has 2 aromatic rings. The molecule has 0 fully saturated rings. The fourth-order valence-electron chi connectivity index (χ4n) is 1.79. The number of pyridine rings is 1. The van der Waals surface area contributed by atoms with Crippen molar-refractivity contribution in [1.82, 2.24) is 4.98 Å². The number of carbonyl (C=O) groups is 1. The summed E-state index contributed by atoms with van der Waals surface area (Å²) in [6.45, 7) is 0. The number of rotatable bonds is 3. The first kappa shape index (κ1) is 15.6. The maximum atomic E-state index is 12.4. The Kier molecular flexibility index (Phi) is 4.20. The number of hydrogen-bond acceptors (Lipinski definition) is 5. The van der Waals surface area contributed by atoms with Gasteiger partial charge in [0, 0.05) is 5.56 Å². The van der Waals surface area contributed by atoms with Gasteiger partial charge in [0.1, 0.15) is 5.75 Å². The first-order valence-electron chi connectivity index (χ1n) is 6.01. The van der Waals surface area contributed by atoms with E-state index in [0.717, 1.165) is 6.07 Å². The second-order valence-electron chi connectivity index (χ2n) is 4.19. The van der Waals surface area contributed by atoms with Gasteiger partial charge in [-0.25, -0.2) is 4.79 Å². The van der Waals surface area contributed by atoms with Crippen LogP contribution in [-0.2, 0) is 4.74 Å². The summed E-state index contributed by atoms with van der Waals surface area (Å²) in [5, 5.41) is 0. The molecule has 5 nitrogen and oxygen atoms in total. The van der Waals surface area contributed by atoms with Crippen molar-refractivity contribution in [1.29, 1.82) is 0 Å². The van der Waals surface area contributed by atoms with Crippen molar-refractivity contribution < 1.29 is 27.4 Å². The first-order valence-corrected chi connectivity index (χ1v) is 6.01. The maximum absolute atomic E-state index is 12.4. The van der Waals surface area contributed by atoms with Crippen LogP contribution in [0.25, 0.3) is 11.3 Å². The highest BCUT2D eigenvalue weighted by atomic mass is 19.4. The van der Waals surface area contributed by atoms with E-state index in [2.05, 4.69) is 14.5 Å². The van der Waals surface area contributed by atoms with Gasteiger partial charge < -0.3 is 15.2 Å². The molecular weight excluding hydrogens is 301 g/mol. The van der Waals surface area contributed by atoms with Gasteiger partial charge in [-0.3, -0.25) is 4.98 Å². The van der Waals surface area contributed by atoms with Crippen LogP contribution in [0.3, 0.4) is 0 Å². The van der Waals surface area contributed by atoms with E-state index in [-0.39, 0.29) is 22.5 Å². The van der Waals surface area contributed by atoms with E-state index < -0.39 is 18.1 Å². The summed E-state index contributed by atoms with van der Waals surface area (Å²) in [5.41, 5.74) is 5.86. The maximum Gasteiger partial charge on any atom is 0.573 e. The van der Waals surface area contributed by atoms with Crippen molar-refractivity contribution in [3.63, 3.8) is 0 Å². The van der Waals surface area contributed by atoms with Crippen LogP contribution < -0.4 is 10.5 Å². The van der Waals surface area contributed by atoms with Crippen LogP contribution in [0.2, 0.25) is 0 Å². The Morgan fingerprint density at radius 2 is 1.95 bits per heavy atom. The molecule has 1 aromatic heterocycles. The molecule has 116 valence electrons. The molecule has 0 aliphatic rings. The molecule has 2 rings (SSSR count). The molecule has 0 saturated carbocycles. The van der Waals surface area contributed by atoms with Gasteiger partial charge >= 0.3 is 12.3 Å². The quantitative estimate of drug-likeness (QED) is 0.882. The summed E-state index contributed by atoms with van der Waals surface area (Å²) < 4.78 is 45.8. The Balaban J connectivity index is 2.51. The highest BCUT2D eigenvalue weighted by molar-refractivity contribution is 5.96. The van der Waals surface area contributed by atoms with Crippen LogP contribution >= 0.6 is 0 Å². The van der Waals surface area contributed by atoms with Crippen molar-refractivity contribution in [2.45, 2.75) is 6.36 Å². The second-order valence-corrected chi connectivity index (χ2v) is 4.19. The molecule has 0 saturated heterocycles. The summed E-state index contributed by atoms with van der Waals surface area (Å²) in [6.07, 6.45) is -3.67. The standard InChI is InChI=1S/C14H11F3N2O3/c1-21-13(20)9-6-11(19-7-10(9)18)8-4-2-3-5-12(8)22-14(15,16)17/h2-7H,18H2,1H3. The molecule has 0 aliphatic carbocycles. The first-order chi connectivity index (χ1) is 10.3. The molecule has 2 N–H and O–H groups in total. The van der Waals surface area contributed by atoms with E-state index >= 15 is 0 Å². The van der Waals surface area contributed by atoms with Gasteiger partial charge in [0.15, 0.2) is 0 Å². The molecule has 1 aromatic carbocycles. The Morgan fingerprint density at radius 3 is 2.59 bits per heavy atom. The highest BCUT2D eigenvalue weighted by Gasteiger charge is 2.32. The van der Waals surface area contributed by atoms with Crippen LogP contribution in [0.4, 0.5) is 18.9 Å². The van der Waals surface area contributed by atoms with Gasteiger partial charge in [0.2, 0.25) is 0 Å². The average Bonchev–Trinajstić information content (AvgIpc) is 2.46. The minimum Gasteiger partial charge on any atom is -0.465 e. The Labute approximate surface area is 123 Å². The second kappa shape index (κ2) is 5.92. The number of nitrogens with two attached hydrogens (primary N) is 1. The number of anilines is 1. The lowest BCUT2D eigenvalue weighted by molar-refractivity contribution is -0.274. The van der Waals surface area contributed by atoms with Crippen molar-refractivity contribution in [3.05, 3.63) is 42.1 Å². The number of ether oxygens (including phenoxy) is 2. The van der Waals surface area contributed by atoms with Crippen molar-refractivity contribution >= 4 is 11.7 Å². The number of esters is 1. The zero-order valence-corrected chi connectivity index (χ0v) is 11.3. The van der Waals surface area contributed by atoms with Gasteiger partial charge in [-0.15, -0.1) is 13.2 Å². The summed E-state index contributed by atoms with van der Waals surface area (Å²) in [7, 11) is 1.17. The molecule has 8 heteroatoms. The van der Waals surface area contributed by atoms with E-state index in [0.29, 0.717) is 0 Å². The van der Waals surface area contributed by atoms with Crippen LogP contribution in [0.15, 0.2) is 36.5 Å². The van der Waals surface area contributed by atoms with Crippen molar-refractivity contribution in [2.24, 2.45) is 0 Å². The number of nitrogens with zero attached hydrogens (tertiary/aromatic N) is 1. The zero-order chi connectivity index (χ0) is 16.3. The van der Waals surface area contributed by atoms with Crippen LogP contribution in [0, 0.1) is 0 Å². The van der Waals surface area contributed by atoms with Gasteiger partial charge in [0.05, 0.1) is 30.3 Å². The summed E-state index contributed by atoms with van der Waals surface area (Å²) in [4.78, 5) is 15.5. The molecular formula is C14H11F3N2O3. The molecule has 0 spiro atoms. The number of benzene rings is 1. The van der Waals surface area contributed by atoms with E-state index in [9.17, 15) is 18.0 Å². The SMILES string of the molecule is COC(=O)c1cc(-c2ccccc2OC(F)(F)F)ncc1N. The molecule has 0 amide bonds. The summed E-state index contributed by atoms with van der Waals surface area (Å²) >= 11 is 0. The monoisotopic (exact) mass is 312 g/mol. The van der Waals surface area contributed by atoms with E-state index in [4.69, 9.17) is 5.73 Å². The highest BCUT2D eigenvalue weighted by Crippen LogP contribution is 2.33. The van der Waals surface area contributed by atoms with Gasteiger partial charge in [-0.05, 0) is 18.2 Å². The zero-order valence-electron chi connectivity index (χ0n) is 11.3. The molecule has 0 unspecified atom stereocenters. The number of methoxy groups -OCH3 is 1. The van der Waals surface area contributed by atoms with E-state index in [1.165, 1.54) is 37.6 Å². The van der Waals surface area contributed by atoms with Crippen LogP contribution in [0.5, 0.6) is 5.75 Å². The Bertz CT molecular complexity index is 702. The van der Waals surface area contributed by atoms with Gasteiger partial charge in [0.25, 0.3) is 0 Å². The smallest absolute Gasteiger partial charge is 0.465 e. The van der Waals surface area contributed by atoms with Crippen LogP contribution in [0.1, 0.15) is 10.4 Å². The summed E-state index contributed by atoms with van der Waals surface area (Å²) in [6, 6.07) is 6.70. The fraction of sp³-hybridized carbons (Fsp3) is 0.143. The Hall–Kier alpha value is -2.77. The number of para-hydroxylation sites is 1. The average molecular weight is 312 g/mol. The largest absolute Gasteiger partial charge is 0.573 e. The number of aromatic nitrogens is 1. The summed E-state index contributed by atoms with van der Waals surface area (Å²) in [5.74, 6) is -1.14. The molecule has 1 heterocycles.